The van der Waals surface area contributed by atoms with E-state index in [1.54, 1.807) is 6.92 Å². The number of nitrogens with one attached hydrogen (secondary N) is 1. The summed E-state index contributed by atoms with van der Waals surface area (Å²) in [6.07, 6.45) is 0. The zero-order valence-corrected chi connectivity index (χ0v) is 14.3. The molecule has 1 aromatic carbocycles. The molecule has 0 aliphatic heterocycles. The minimum absolute atomic E-state index is 0.135. The van der Waals surface area contributed by atoms with Crippen LogP contribution >= 0.6 is 23.1 Å². The molecule has 3 heterocycles. The quantitative estimate of drug-likeness (QED) is 0.444. The van der Waals surface area contributed by atoms with Crippen molar-refractivity contribution >= 4 is 33.3 Å². The lowest BCUT2D eigenvalue weighted by atomic mass is 10.1. The monoisotopic (exact) mass is 356 g/mol. The first-order valence-electron chi connectivity index (χ1n) is 7.19. The molecule has 8 heteroatoms. The number of rotatable bonds is 4. The molecule has 4 rings (SSSR count). The summed E-state index contributed by atoms with van der Waals surface area (Å²) < 4.78 is 5.32. The standard InChI is InChI=1S/C16H12N4O2S2/c1-9-19-20-12(22-9)8-24-16-17-14(21)13-11(7-23-15(13)18-16)10-5-3-2-4-6-10/h2-7H,8H2,1H3,(H,17,18,21). The Morgan fingerprint density at radius 1 is 1.25 bits per heavy atom. The Hall–Kier alpha value is -2.45. The van der Waals surface area contributed by atoms with Gasteiger partial charge < -0.3 is 9.40 Å². The van der Waals surface area contributed by atoms with E-state index in [1.165, 1.54) is 23.1 Å². The summed E-state index contributed by atoms with van der Waals surface area (Å²) in [7, 11) is 0. The van der Waals surface area contributed by atoms with Gasteiger partial charge in [0.25, 0.3) is 5.56 Å². The predicted molar refractivity (Wildman–Crippen MR) is 94.3 cm³/mol. The predicted octanol–water partition coefficient (Wildman–Crippen LogP) is 3.64. The van der Waals surface area contributed by atoms with Gasteiger partial charge in [-0.3, -0.25) is 4.79 Å². The average Bonchev–Trinajstić information content (AvgIpc) is 3.20. The highest BCUT2D eigenvalue weighted by atomic mass is 32.2. The van der Waals surface area contributed by atoms with Gasteiger partial charge in [0.05, 0.1) is 11.1 Å². The molecule has 6 nitrogen and oxygen atoms in total. The van der Waals surface area contributed by atoms with Crippen molar-refractivity contribution in [1.29, 1.82) is 0 Å². The molecule has 0 aliphatic carbocycles. The number of aromatic nitrogens is 4. The van der Waals surface area contributed by atoms with Gasteiger partial charge >= 0.3 is 0 Å². The molecule has 24 heavy (non-hydrogen) atoms. The molecule has 0 spiro atoms. The molecule has 0 radical (unpaired) electrons. The van der Waals surface area contributed by atoms with E-state index in [1.807, 2.05) is 35.7 Å². The molecule has 3 aromatic heterocycles. The van der Waals surface area contributed by atoms with Crippen LogP contribution in [0.1, 0.15) is 11.8 Å². The van der Waals surface area contributed by atoms with Crippen molar-refractivity contribution in [2.75, 3.05) is 0 Å². The van der Waals surface area contributed by atoms with Crippen molar-refractivity contribution in [3.05, 3.63) is 57.8 Å². The van der Waals surface area contributed by atoms with Crippen molar-refractivity contribution in [2.24, 2.45) is 0 Å². The van der Waals surface area contributed by atoms with Gasteiger partial charge in [-0.05, 0) is 5.56 Å². The maximum atomic E-state index is 12.5. The number of fused-ring (bicyclic) bond motifs is 1. The molecule has 0 unspecified atom stereocenters. The molecule has 0 saturated carbocycles. The van der Waals surface area contributed by atoms with Crippen LogP contribution in [0, 0.1) is 6.92 Å². The molecular formula is C16H12N4O2S2. The number of aromatic amines is 1. The lowest BCUT2D eigenvalue weighted by molar-refractivity contribution is 0.485. The molecule has 0 atom stereocenters. The Morgan fingerprint density at radius 3 is 2.83 bits per heavy atom. The number of thioether (sulfide) groups is 1. The zero-order valence-electron chi connectivity index (χ0n) is 12.6. The van der Waals surface area contributed by atoms with Crippen LogP contribution in [-0.2, 0) is 5.75 Å². The fourth-order valence-corrected chi connectivity index (χ4v) is 4.06. The van der Waals surface area contributed by atoms with Gasteiger partial charge in [-0.2, -0.15) is 0 Å². The lowest BCUT2D eigenvalue weighted by Crippen LogP contribution is -2.08. The van der Waals surface area contributed by atoms with E-state index in [-0.39, 0.29) is 5.56 Å². The highest BCUT2D eigenvalue weighted by Crippen LogP contribution is 2.31. The van der Waals surface area contributed by atoms with Gasteiger partial charge in [-0.15, -0.1) is 21.5 Å². The lowest BCUT2D eigenvalue weighted by Gasteiger charge is -2.01. The second-order valence-electron chi connectivity index (χ2n) is 5.07. The molecule has 0 fully saturated rings. The van der Waals surface area contributed by atoms with E-state index >= 15 is 0 Å². The van der Waals surface area contributed by atoms with Gasteiger partial charge in [-0.25, -0.2) is 4.98 Å². The van der Waals surface area contributed by atoms with Crippen LogP contribution in [0.4, 0.5) is 0 Å². The summed E-state index contributed by atoms with van der Waals surface area (Å²) in [6, 6.07) is 9.84. The Balaban J connectivity index is 1.67. The van der Waals surface area contributed by atoms with E-state index in [9.17, 15) is 4.79 Å². The van der Waals surface area contributed by atoms with Crippen LogP contribution in [-0.4, -0.2) is 20.2 Å². The molecule has 0 amide bonds. The van der Waals surface area contributed by atoms with Gasteiger partial charge in [0, 0.05) is 17.9 Å². The van der Waals surface area contributed by atoms with Crippen molar-refractivity contribution in [2.45, 2.75) is 17.8 Å². The second-order valence-corrected chi connectivity index (χ2v) is 6.89. The zero-order chi connectivity index (χ0) is 16.5. The Morgan fingerprint density at radius 2 is 2.08 bits per heavy atom. The first kappa shape index (κ1) is 15.1. The van der Waals surface area contributed by atoms with E-state index in [0.717, 1.165) is 16.0 Å². The van der Waals surface area contributed by atoms with E-state index in [4.69, 9.17) is 4.42 Å². The van der Waals surface area contributed by atoms with Gasteiger partial charge in [0.15, 0.2) is 5.16 Å². The maximum Gasteiger partial charge on any atom is 0.260 e. The summed E-state index contributed by atoms with van der Waals surface area (Å²) in [5.74, 6) is 1.50. The van der Waals surface area contributed by atoms with Crippen LogP contribution in [0.25, 0.3) is 21.3 Å². The topological polar surface area (TPSA) is 84.7 Å². The highest BCUT2D eigenvalue weighted by Gasteiger charge is 2.13. The molecule has 0 saturated heterocycles. The second kappa shape index (κ2) is 6.21. The Labute approximate surface area is 145 Å². The normalized spacial score (nSPS) is 11.2. The minimum Gasteiger partial charge on any atom is -0.425 e. The van der Waals surface area contributed by atoms with Gasteiger partial charge in [0.1, 0.15) is 4.83 Å². The van der Waals surface area contributed by atoms with Gasteiger partial charge in [0.2, 0.25) is 11.8 Å². The largest absolute Gasteiger partial charge is 0.425 e. The number of H-pyrrole nitrogens is 1. The number of aryl methyl sites for hydroxylation is 1. The van der Waals surface area contributed by atoms with Crippen molar-refractivity contribution in [1.82, 2.24) is 20.2 Å². The van der Waals surface area contributed by atoms with Crippen molar-refractivity contribution in [3.8, 4) is 11.1 Å². The fraction of sp³-hybridized carbons (Fsp3) is 0.125. The number of hydrogen-bond donors (Lipinski definition) is 1. The van der Waals surface area contributed by atoms with Crippen LogP contribution in [0.15, 0.2) is 50.1 Å². The smallest absolute Gasteiger partial charge is 0.260 e. The summed E-state index contributed by atoms with van der Waals surface area (Å²) >= 11 is 2.83. The van der Waals surface area contributed by atoms with E-state index < -0.39 is 0 Å². The van der Waals surface area contributed by atoms with Crippen molar-refractivity contribution in [3.63, 3.8) is 0 Å². The van der Waals surface area contributed by atoms with Crippen LogP contribution < -0.4 is 5.56 Å². The third kappa shape index (κ3) is 2.85. The molecular weight excluding hydrogens is 344 g/mol. The molecule has 0 bridgehead atoms. The van der Waals surface area contributed by atoms with Crippen LogP contribution in [0.2, 0.25) is 0 Å². The molecule has 0 aliphatic rings. The summed E-state index contributed by atoms with van der Waals surface area (Å²) in [4.78, 5) is 20.6. The van der Waals surface area contributed by atoms with Gasteiger partial charge in [-0.1, -0.05) is 42.1 Å². The Kier molecular flexibility index (Phi) is 3.91. The maximum absolute atomic E-state index is 12.5. The first-order valence-corrected chi connectivity index (χ1v) is 9.06. The average molecular weight is 356 g/mol. The fourth-order valence-electron chi connectivity index (χ4n) is 2.35. The molecule has 120 valence electrons. The van der Waals surface area contributed by atoms with Crippen molar-refractivity contribution < 1.29 is 4.42 Å². The third-order valence-corrected chi connectivity index (χ3v) is 5.14. The number of benzene rings is 1. The van der Waals surface area contributed by atoms with Crippen LogP contribution in [0.3, 0.4) is 0 Å². The Bertz CT molecular complexity index is 1050. The summed E-state index contributed by atoms with van der Waals surface area (Å²) in [5, 5.41) is 10.9. The van der Waals surface area contributed by atoms with E-state index in [0.29, 0.717) is 28.1 Å². The number of hydrogen-bond acceptors (Lipinski definition) is 7. The SMILES string of the molecule is Cc1nnc(CSc2nc3scc(-c4ccccc4)c3c(=O)[nH]2)o1. The first-order chi connectivity index (χ1) is 11.7. The minimum atomic E-state index is -0.135. The number of thiophene rings is 1. The molecule has 1 N–H and O–H groups in total. The highest BCUT2D eigenvalue weighted by molar-refractivity contribution is 7.98. The number of nitrogens with zero attached hydrogens (tertiary/aromatic N) is 3. The molecule has 4 aromatic rings. The summed E-state index contributed by atoms with van der Waals surface area (Å²) in [5.41, 5.74) is 1.79. The third-order valence-electron chi connectivity index (χ3n) is 3.41. The summed E-state index contributed by atoms with van der Waals surface area (Å²) in [6.45, 7) is 1.74. The van der Waals surface area contributed by atoms with E-state index in [2.05, 4.69) is 20.2 Å². The van der Waals surface area contributed by atoms with Crippen LogP contribution in [0.5, 0.6) is 0 Å².